The summed E-state index contributed by atoms with van der Waals surface area (Å²) in [5.41, 5.74) is 2.18. The summed E-state index contributed by atoms with van der Waals surface area (Å²) in [4.78, 5) is 12.5. The van der Waals surface area contributed by atoms with Crippen LogP contribution in [0.15, 0.2) is 24.3 Å². The molecular weight excluding hydrogens is 248 g/mol. The molecule has 0 aliphatic carbocycles. The van der Waals surface area contributed by atoms with Gasteiger partial charge in [0.05, 0.1) is 5.54 Å². The lowest BCUT2D eigenvalue weighted by Gasteiger charge is -2.27. The van der Waals surface area contributed by atoms with Crippen molar-refractivity contribution in [3.05, 3.63) is 35.4 Å². The van der Waals surface area contributed by atoms with Crippen LogP contribution < -0.4 is 10.6 Å². The van der Waals surface area contributed by atoms with E-state index in [2.05, 4.69) is 48.7 Å². The third-order valence-electron chi connectivity index (χ3n) is 4.24. The van der Waals surface area contributed by atoms with Gasteiger partial charge in [-0.1, -0.05) is 44.5 Å². The second-order valence-corrected chi connectivity index (χ2v) is 5.72. The van der Waals surface area contributed by atoms with E-state index >= 15 is 0 Å². The molecule has 1 aromatic carbocycles. The van der Waals surface area contributed by atoms with E-state index in [-0.39, 0.29) is 11.4 Å². The summed E-state index contributed by atoms with van der Waals surface area (Å²) in [6.45, 7) is 5.87. The Morgan fingerprint density at radius 1 is 1.25 bits per heavy atom. The summed E-state index contributed by atoms with van der Waals surface area (Å²) in [5.74, 6) is 0.163. The highest BCUT2D eigenvalue weighted by atomic mass is 16.2. The van der Waals surface area contributed by atoms with Crippen LogP contribution in [0.1, 0.15) is 50.7 Å². The fourth-order valence-corrected chi connectivity index (χ4v) is 3.00. The minimum absolute atomic E-state index is 0.163. The number of nitrogens with one attached hydrogen (secondary N) is 2. The molecule has 110 valence electrons. The Balaban J connectivity index is 1.93. The van der Waals surface area contributed by atoms with Gasteiger partial charge in [0.2, 0.25) is 5.91 Å². The van der Waals surface area contributed by atoms with E-state index in [9.17, 15) is 4.79 Å². The Morgan fingerprint density at radius 3 is 2.50 bits per heavy atom. The van der Waals surface area contributed by atoms with Crippen LogP contribution in [0.3, 0.4) is 0 Å². The molecule has 1 aliphatic heterocycles. The molecule has 20 heavy (non-hydrogen) atoms. The molecule has 1 unspecified atom stereocenters. The number of amides is 1. The van der Waals surface area contributed by atoms with Crippen LogP contribution in [0.4, 0.5) is 0 Å². The third kappa shape index (κ3) is 3.40. The van der Waals surface area contributed by atoms with Crippen molar-refractivity contribution in [2.45, 2.75) is 58.0 Å². The fraction of sp³-hybridized carbons (Fsp3) is 0.588. The van der Waals surface area contributed by atoms with E-state index in [0.29, 0.717) is 6.54 Å². The molecule has 1 saturated heterocycles. The Kier molecular flexibility index (Phi) is 5.18. The molecule has 0 bridgehead atoms. The molecule has 0 spiro atoms. The number of carbonyl (C=O) groups excluding carboxylic acids is 1. The van der Waals surface area contributed by atoms with Crippen LogP contribution in [0.25, 0.3) is 0 Å². The van der Waals surface area contributed by atoms with Gasteiger partial charge in [0, 0.05) is 6.54 Å². The van der Waals surface area contributed by atoms with E-state index in [1.807, 2.05) is 0 Å². The van der Waals surface area contributed by atoms with Crippen molar-refractivity contribution in [3.63, 3.8) is 0 Å². The van der Waals surface area contributed by atoms with Crippen LogP contribution in [0, 0.1) is 0 Å². The number of aryl methyl sites for hydroxylation is 1. The zero-order valence-corrected chi connectivity index (χ0v) is 12.7. The molecule has 1 amide bonds. The van der Waals surface area contributed by atoms with Crippen LogP contribution in [-0.2, 0) is 17.8 Å². The van der Waals surface area contributed by atoms with Crippen molar-refractivity contribution in [2.24, 2.45) is 0 Å². The quantitative estimate of drug-likeness (QED) is 0.837. The lowest BCUT2D eigenvalue weighted by Crippen LogP contribution is -2.53. The van der Waals surface area contributed by atoms with Crippen molar-refractivity contribution in [3.8, 4) is 0 Å². The largest absolute Gasteiger partial charge is 0.350 e. The second-order valence-electron chi connectivity index (χ2n) is 5.72. The van der Waals surface area contributed by atoms with Crippen LogP contribution in [-0.4, -0.2) is 18.0 Å². The van der Waals surface area contributed by atoms with Gasteiger partial charge >= 0.3 is 0 Å². The normalized spacial score (nSPS) is 21.9. The van der Waals surface area contributed by atoms with Crippen LogP contribution >= 0.6 is 0 Å². The summed E-state index contributed by atoms with van der Waals surface area (Å²) >= 11 is 0. The number of hydrogen-bond acceptors (Lipinski definition) is 2. The van der Waals surface area contributed by atoms with Gasteiger partial charge in [0.1, 0.15) is 0 Å². The van der Waals surface area contributed by atoms with Crippen molar-refractivity contribution >= 4 is 5.91 Å². The van der Waals surface area contributed by atoms with Gasteiger partial charge in [0.15, 0.2) is 0 Å². The van der Waals surface area contributed by atoms with E-state index in [4.69, 9.17) is 0 Å². The Hall–Kier alpha value is -1.35. The number of hydrogen-bond donors (Lipinski definition) is 2. The molecule has 0 saturated carbocycles. The van der Waals surface area contributed by atoms with Crippen molar-refractivity contribution in [1.29, 1.82) is 0 Å². The van der Waals surface area contributed by atoms with E-state index in [0.717, 1.165) is 38.6 Å². The maximum absolute atomic E-state index is 12.5. The molecular formula is C17H26N2O. The molecule has 1 aromatic rings. The predicted octanol–water partition coefficient (Wildman–Crippen LogP) is 2.79. The molecule has 3 nitrogen and oxygen atoms in total. The molecule has 2 rings (SSSR count). The SMILES string of the molecule is CCCC1(C(=O)NCc2ccc(CC)cc2)CCCN1. The summed E-state index contributed by atoms with van der Waals surface area (Å²) in [5, 5.41) is 6.52. The van der Waals surface area contributed by atoms with Gasteiger partial charge in [-0.3, -0.25) is 4.79 Å². The zero-order valence-electron chi connectivity index (χ0n) is 12.7. The van der Waals surface area contributed by atoms with Crippen molar-refractivity contribution < 1.29 is 4.79 Å². The summed E-state index contributed by atoms with van der Waals surface area (Å²) in [6, 6.07) is 8.48. The van der Waals surface area contributed by atoms with E-state index in [1.165, 1.54) is 11.1 Å². The Morgan fingerprint density at radius 2 is 1.95 bits per heavy atom. The van der Waals surface area contributed by atoms with Gasteiger partial charge < -0.3 is 10.6 Å². The van der Waals surface area contributed by atoms with Gasteiger partial charge in [-0.05, 0) is 43.4 Å². The maximum atomic E-state index is 12.5. The first kappa shape index (κ1) is 15.0. The van der Waals surface area contributed by atoms with Crippen LogP contribution in [0.5, 0.6) is 0 Å². The summed E-state index contributed by atoms with van der Waals surface area (Å²) in [6.07, 6.45) is 5.06. The maximum Gasteiger partial charge on any atom is 0.240 e. The van der Waals surface area contributed by atoms with E-state index in [1.54, 1.807) is 0 Å². The number of rotatable bonds is 6. The monoisotopic (exact) mass is 274 g/mol. The summed E-state index contributed by atoms with van der Waals surface area (Å²) in [7, 11) is 0. The molecule has 1 heterocycles. The van der Waals surface area contributed by atoms with Gasteiger partial charge in [0.25, 0.3) is 0 Å². The lowest BCUT2D eigenvalue weighted by atomic mass is 9.91. The number of benzene rings is 1. The highest BCUT2D eigenvalue weighted by Gasteiger charge is 2.39. The third-order valence-corrected chi connectivity index (χ3v) is 4.24. The first-order valence-corrected chi connectivity index (χ1v) is 7.81. The first-order valence-electron chi connectivity index (χ1n) is 7.81. The van der Waals surface area contributed by atoms with Crippen molar-refractivity contribution in [1.82, 2.24) is 10.6 Å². The van der Waals surface area contributed by atoms with Gasteiger partial charge in [-0.2, -0.15) is 0 Å². The summed E-state index contributed by atoms with van der Waals surface area (Å²) < 4.78 is 0. The fourth-order valence-electron chi connectivity index (χ4n) is 3.00. The average molecular weight is 274 g/mol. The predicted molar refractivity (Wildman–Crippen MR) is 82.5 cm³/mol. The molecule has 1 atom stereocenters. The first-order chi connectivity index (χ1) is 9.70. The number of carbonyl (C=O) groups is 1. The zero-order chi connectivity index (χ0) is 14.4. The molecule has 1 aliphatic rings. The molecule has 3 heteroatoms. The molecule has 0 radical (unpaired) electrons. The molecule has 2 N–H and O–H groups in total. The van der Waals surface area contributed by atoms with Gasteiger partial charge in [-0.15, -0.1) is 0 Å². The van der Waals surface area contributed by atoms with Crippen molar-refractivity contribution in [2.75, 3.05) is 6.54 Å². The second kappa shape index (κ2) is 6.89. The Labute approximate surface area is 122 Å². The highest BCUT2D eigenvalue weighted by molar-refractivity contribution is 5.86. The topological polar surface area (TPSA) is 41.1 Å². The molecule has 1 fully saturated rings. The highest BCUT2D eigenvalue weighted by Crippen LogP contribution is 2.25. The minimum Gasteiger partial charge on any atom is -0.350 e. The lowest BCUT2D eigenvalue weighted by molar-refractivity contribution is -0.127. The van der Waals surface area contributed by atoms with E-state index < -0.39 is 0 Å². The van der Waals surface area contributed by atoms with Gasteiger partial charge in [-0.25, -0.2) is 0 Å². The molecule has 0 aromatic heterocycles. The van der Waals surface area contributed by atoms with Crippen LogP contribution in [0.2, 0.25) is 0 Å². The smallest absolute Gasteiger partial charge is 0.240 e. The average Bonchev–Trinajstić information content (AvgIpc) is 2.95. The minimum atomic E-state index is -0.321. The Bertz CT molecular complexity index is 433. The standard InChI is InChI=1S/C17H26N2O/c1-3-10-17(11-5-12-19-17)16(20)18-13-15-8-6-14(4-2)7-9-15/h6-9,19H,3-5,10-13H2,1-2H3,(H,18,20).